The number of aromatic amines is 1. The average Bonchev–Trinajstić information content (AvgIpc) is 2.41. The van der Waals surface area contributed by atoms with Crippen LogP contribution in [0.15, 0.2) is 47.5 Å². The Bertz CT molecular complexity index is 691. The average molecular weight is 272 g/mol. The third-order valence-corrected chi connectivity index (χ3v) is 2.48. The molecule has 0 saturated carbocycles. The third kappa shape index (κ3) is 3.22. The molecule has 0 atom stereocenters. The Labute approximate surface area is 113 Å². The van der Waals surface area contributed by atoms with Gasteiger partial charge in [-0.3, -0.25) is 9.59 Å². The maximum Gasteiger partial charge on any atom is 0.316 e. The second kappa shape index (κ2) is 5.70. The molecule has 0 bridgehead atoms. The fourth-order valence-corrected chi connectivity index (χ4v) is 1.57. The summed E-state index contributed by atoms with van der Waals surface area (Å²) in [5.41, 5.74) is 5.63. The monoisotopic (exact) mass is 272 g/mol. The normalized spacial score (nSPS) is 9.80. The number of H-pyrrole nitrogens is 1. The second-order valence-electron chi connectivity index (χ2n) is 3.94. The van der Waals surface area contributed by atoms with Gasteiger partial charge in [0.2, 0.25) is 0 Å². The highest BCUT2D eigenvalue weighted by Gasteiger charge is 2.09. The van der Waals surface area contributed by atoms with Gasteiger partial charge in [-0.1, -0.05) is 0 Å². The fraction of sp³-hybridized carbons (Fsp3) is 0. The molecule has 2 rings (SSSR count). The summed E-state index contributed by atoms with van der Waals surface area (Å²) in [4.78, 5) is 36.7. The molecule has 1 aromatic heterocycles. The van der Waals surface area contributed by atoms with Crippen LogP contribution in [-0.4, -0.2) is 16.9 Å². The molecule has 0 aliphatic heterocycles. The van der Waals surface area contributed by atoms with Gasteiger partial charge in [-0.05, 0) is 24.3 Å². The van der Waals surface area contributed by atoms with Crippen LogP contribution in [0.4, 0.5) is 16.2 Å². The van der Waals surface area contributed by atoms with Gasteiger partial charge in [0.05, 0.1) is 0 Å². The van der Waals surface area contributed by atoms with Gasteiger partial charge in [0.15, 0.2) is 5.43 Å². The van der Waals surface area contributed by atoms with E-state index in [0.29, 0.717) is 11.4 Å². The van der Waals surface area contributed by atoms with E-state index in [2.05, 4.69) is 15.6 Å². The first-order chi connectivity index (χ1) is 9.56. The molecule has 102 valence electrons. The minimum atomic E-state index is -0.669. The summed E-state index contributed by atoms with van der Waals surface area (Å²) in [5.74, 6) is -0.512. The van der Waals surface area contributed by atoms with Crippen LogP contribution < -0.4 is 21.8 Å². The van der Waals surface area contributed by atoms with Crippen molar-refractivity contribution >= 4 is 23.3 Å². The molecule has 0 aliphatic carbocycles. The number of hydrogen-bond acceptors (Lipinski definition) is 3. The van der Waals surface area contributed by atoms with Crippen LogP contribution in [0.25, 0.3) is 0 Å². The highest BCUT2D eigenvalue weighted by atomic mass is 16.2. The largest absolute Gasteiger partial charge is 0.367 e. The number of nitrogens with one attached hydrogen (secondary N) is 3. The first kappa shape index (κ1) is 13.3. The Morgan fingerprint density at radius 2 is 1.60 bits per heavy atom. The molecule has 0 radical (unpaired) electrons. The minimum Gasteiger partial charge on any atom is -0.367 e. The molecule has 20 heavy (non-hydrogen) atoms. The summed E-state index contributed by atoms with van der Waals surface area (Å²) < 4.78 is 0. The third-order valence-electron chi connectivity index (χ3n) is 2.48. The molecule has 7 heteroatoms. The zero-order chi connectivity index (χ0) is 14.5. The first-order valence-corrected chi connectivity index (χ1v) is 5.71. The zero-order valence-corrected chi connectivity index (χ0v) is 10.3. The first-order valence-electron chi connectivity index (χ1n) is 5.71. The smallest absolute Gasteiger partial charge is 0.316 e. The van der Waals surface area contributed by atoms with Crippen molar-refractivity contribution in [2.24, 2.45) is 5.73 Å². The molecule has 2 aromatic rings. The molecular formula is C13H12N4O3. The molecule has 0 spiro atoms. The van der Waals surface area contributed by atoms with E-state index in [4.69, 9.17) is 5.73 Å². The zero-order valence-electron chi connectivity index (χ0n) is 10.3. The van der Waals surface area contributed by atoms with Gasteiger partial charge in [0, 0.05) is 29.8 Å². The summed E-state index contributed by atoms with van der Waals surface area (Å²) in [6.45, 7) is 0. The van der Waals surface area contributed by atoms with Gasteiger partial charge in [-0.15, -0.1) is 0 Å². The molecule has 0 fully saturated rings. The molecule has 0 aliphatic rings. The Morgan fingerprint density at radius 1 is 1.00 bits per heavy atom. The van der Waals surface area contributed by atoms with Crippen molar-refractivity contribution < 1.29 is 9.59 Å². The van der Waals surface area contributed by atoms with E-state index in [1.54, 1.807) is 24.3 Å². The number of urea groups is 1. The SMILES string of the molecule is NC(=O)Nc1ccc(NC(=O)c2c[nH]ccc2=O)cc1. The molecule has 1 heterocycles. The molecule has 3 amide bonds. The van der Waals surface area contributed by atoms with Crippen molar-refractivity contribution in [3.8, 4) is 0 Å². The number of benzene rings is 1. The van der Waals surface area contributed by atoms with Gasteiger partial charge in [0.1, 0.15) is 5.56 Å². The lowest BCUT2D eigenvalue weighted by Crippen LogP contribution is -2.21. The van der Waals surface area contributed by atoms with E-state index in [9.17, 15) is 14.4 Å². The predicted octanol–water partition coefficient (Wildman–Crippen LogP) is 1.12. The van der Waals surface area contributed by atoms with Crippen molar-refractivity contribution in [2.75, 3.05) is 10.6 Å². The van der Waals surface area contributed by atoms with Gasteiger partial charge >= 0.3 is 6.03 Å². The number of pyridine rings is 1. The number of primary amides is 1. The summed E-state index contributed by atoms with van der Waals surface area (Å²) in [5, 5.41) is 4.97. The van der Waals surface area contributed by atoms with E-state index in [0.717, 1.165) is 0 Å². The van der Waals surface area contributed by atoms with Gasteiger partial charge < -0.3 is 21.4 Å². The van der Waals surface area contributed by atoms with Crippen LogP contribution in [-0.2, 0) is 0 Å². The topological polar surface area (TPSA) is 117 Å². The van der Waals surface area contributed by atoms with Crippen molar-refractivity contribution in [1.29, 1.82) is 0 Å². The standard InChI is InChI=1S/C13H12N4O3/c14-13(20)17-9-3-1-8(2-4-9)16-12(19)10-7-15-6-5-11(10)18/h1-7H,(H,15,18)(H,16,19)(H3,14,17,20). The van der Waals surface area contributed by atoms with E-state index in [1.807, 2.05) is 0 Å². The van der Waals surface area contributed by atoms with Crippen LogP contribution in [0.3, 0.4) is 0 Å². The van der Waals surface area contributed by atoms with E-state index < -0.39 is 11.9 Å². The van der Waals surface area contributed by atoms with Gasteiger partial charge in [-0.2, -0.15) is 0 Å². The highest BCUT2D eigenvalue weighted by Crippen LogP contribution is 2.13. The maximum absolute atomic E-state index is 11.9. The minimum absolute atomic E-state index is 0.0202. The van der Waals surface area contributed by atoms with Crippen molar-refractivity contribution in [2.45, 2.75) is 0 Å². The number of hydrogen-bond donors (Lipinski definition) is 4. The number of amides is 3. The maximum atomic E-state index is 11.9. The Kier molecular flexibility index (Phi) is 3.80. The summed E-state index contributed by atoms with van der Waals surface area (Å²) in [7, 11) is 0. The molecule has 1 aromatic carbocycles. The lowest BCUT2D eigenvalue weighted by molar-refractivity contribution is 0.102. The number of rotatable bonds is 3. The van der Waals surface area contributed by atoms with E-state index >= 15 is 0 Å². The summed E-state index contributed by atoms with van der Waals surface area (Å²) in [6.07, 6.45) is 2.78. The number of carbonyl (C=O) groups excluding carboxylic acids is 2. The Balaban J connectivity index is 2.11. The highest BCUT2D eigenvalue weighted by molar-refractivity contribution is 6.04. The molecular weight excluding hydrogens is 260 g/mol. The van der Waals surface area contributed by atoms with Crippen LogP contribution >= 0.6 is 0 Å². The molecule has 0 unspecified atom stereocenters. The quantitative estimate of drug-likeness (QED) is 0.670. The fourth-order valence-electron chi connectivity index (χ4n) is 1.57. The van der Waals surface area contributed by atoms with Gasteiger partial charge in [-0.25, -0.2) is 4.79 Å². The number of nitrogens with two attached hydrogens (primary N) is 1. The van der Waals surface area contributed by atoms with Crippen LogP contribution in [0, 0.1) is 0 Å². The number of anilines is 2. The molecule has 0 saturated heterocycles. The van der Waals surface area contributed by atoms with Crippen molar-refractivity contribution in [1.82, 2.24) is 4.98 Å². The van der Waals surface area contributed by atoms with Crippen molar-refractivity contribution in [3.63, 3.8) is 0 Å². The number of aromatic nitrogens is 1. The Morgan fingerprint density at radius 3 is 2.15 bits per heavy atom. The number of carbonyl (C=O) groups is 2. The van der Waals surface area contributed by atoms with Crippen molar-refractivity contribution in [3.05, 3.63) is 58.5 Å². The van der Waals surface area contributed by atoms with E-state index in [-0.39, 0.29) is 11.0 Å². The van der Waals surface area contributed by atoms with Crippen LogP contribution in [0.5, 0.6) is 0 Å². The van der Waals surface area contributed by atoms with Crippen LogP contribution in [0.1, 0.15) is 10.4 Å². The van der Waals surface area contributed by atoms with E-state index in [1.165, 1.54) is 18.5 Å². The molecule has 7 nitrogen and oxygen atoms in total. The summed E-state index contributed by atoms with van der Waals surface area (Å²) in [6, 6.07) is 6.93. The van der Waals surface area contributed by atoms with Gasteiger partial charge in [0.25, 0.3) is 5.91 Å². The second-order valence-corrected chi connectivity index (χ2v) is 3.94. The van der Waals surface area contributed by atoms with Crippen LogP contribution in [0.2, 0.25) is 0 Å². The lowest BCUT2D eigenvalue weighted by atomic mass is 10.2. The summed E-state index contributed by atoms with van der Waals surface area (Å²) >= 11 is 0. The predicted molar refractivity (Wildman–Crippen MR) is 74.7 cm³/mol. The Hall–Kier alpha value is -3.09. The molecule has 5 N–H and O–H groups in total. The lowest BCUT2D eigenvalue weighted by Gasteiger charge is -2.06.